The molecule has 0 radical (unpaired) electrons. The Balaban J connectivity index is 1.57. The van der Waals surface area contributed by atoms with Gasteiger partial charge < -0.3 is 11.5 Å². The van der Waals surface area contributed by atoms with Crippen molar-refractivity contribution in [3.63, 3.8) is 0 Å². The Morgan fingerprint density at radius 2 is 1.59 bits per heavy atom. The van der Waals surface area contributed by atoms with Gasteiger partial charge >= 0.3 is 0 Å². The lowest BCUT2D eigenvalue weighted by Crippen LogP contribution is -2.26. The van der Waals surface area contributed by atoms with E-state index in [1.165, 1.54) is 56.2 Å². The number of rotatable bonds is 4. The predicted molar refractivity (Wildman–Crippen MR) is 116 cm³/mol. The summed E-state index contributed by atoms with van der Waals surface area (Å²) in [6, 6.07) is 8.25. The topological polar surface area (TPSA) is 86.2 Å². The normalized spacial score (nSPS) is 24.7. The molecular formula is C25H28N2O2. The molecule has 0 bridgehead atoms. The monoisotopic (exact) mass is 388 g/mol. The van der Waals surface area contributed by atoms with Gasteiger partial charge in [0, 0.05) is 17.0 Å². The van der Waals surface area contributed by atoms with Gasteiger partial charge in [-0.2, -0.15) is 0 Å². The molecule has 0 unspecified atom stereocenters. The number of carbonyl (C=O) groups is 2. The lowest BCUT2D eigenvalue weighted by molar-refractivity contribution is -0.113. The van der Waals surface area contributed by atoms with E-state index >= 15 is 0 Å². The van der Waals surface area contributed by atoms with Gasteiger partial charge in [-0.1, -0.05) is 44.0 Å². The Hall–Kier alpha value is -2.88. The minimum Gasteiger partial charge on any atom is -0.398 e. The molecule has 0 amide bonds. The van der Waals surface area contributed by atoms with Crippen LogP contribution in [0.2, 0.25) is 0 Å². The van der Waals surface area contributed by atoms with Crippen molar-refractivity contribution in [3.8, 4) is 0 Å². The fraction of sp³-hybridized carbons (Fsp3) is 0.360. The lowest BCUT2D eigenvalue weighted by Gasteiger charge is -2.29. The van der Waals surface area contributed by atoms with Gasteiger partial charge in [-0.3, -0.25) is 9.59 Å². The fourth-order valence-corrected chi connectivity index (χ4v) is 4.90. The van der Waals surface area contributed by atoms with E-state index in [-0.39, 0.29) is 22.7 Å². The van der Waals surface area contributed by atoms with Gasteiger partial charge in [-0.15, -0.1) is 0 Å². The minimum absolute atomic E-state index is 0.221. The van der Waals surface area contributed by atoms with Crippen molar-refractivity contribution in [3.05, 3.63) is 76.2 Å². The number of benzene rings is 1. The average molecular weight is 389 g/mol. The number of ketones is 2. The van der Waals surface area contributed by atoms with Gasteiger partial charge in [-0.25, -0.2) is 0 Å². The second kappa shape index (κ2) is 7.86. The molecule has 0 atom stereocenters. The van der Waals surface area contributed by atoms with Gasteiger partial charge in [-0.05, 0) is 66.9 Å². The third-order valence-electron chi connectivity index (χ3n) is 6.50. The van der Waals surface area contributed by atoms with E-state index in [0.29, 0.717) is 22.9 Å². The summed E-state index contributed by atoms with van der Waals surface area (Å²) in [4.78, 5) is 25.2. The van der Waals surface area contributed by atoms with Crippen LogP contribution in [-0.2, 0) is 9.59 Å². The summed E-state index contributed by atoms with van der Waals surface area (Å²) in [5.41, 5.74) is 15.8. The Bertz CT molecular complexity index is 969. The largest absolute Gasteiger partial charge is 0.398 e. The molecule has 0 saturated heterocycles. The van der Waals surface area contributed by atoms with Crippen molar-refractivity contribution in [2.45, 2.75) is 51.4 Å². The maximum atomic E-state index is 13.1. The highest BCUT2D eigenvalue weighted by Gasteiger charge is 2.33. The minimum atomic E-state index is -0.274. The van der Waals surface area contributed by atoms with E-state index in [0.717, 1.165) is 11.5 Å². The molecule has 3 aliphatic carbocycles. The van der Waals surface area contributed by atoms with E-state index in [4.69, 9.17) is 11.5 Å². The zero-order valence-electron chi connectivity index (χ0n) is 16.9. The number of carbonyl (C=O) groups excluding carboxylic acids is 2. The van der Waals surface area contributed by atoms with Crippen LogP contribution in [0.4, 0.5) is 0 Å². The first kappa shape index (κ1) is 19.4. The summed E-state index contributed by atoms with van der Waals surface area (Å²) in [6.07, 6.45) is 12.2. The van der Waals surface area contributed by atoms with Gasteiger partial charge in [0.1, 0.15) is 0 Å². The molecule has 4 rings (SSSR count). The highest BCUT2D eigenvalue weighted by molar-refractivity contribution is 6.36. The molecule has 150 valence electrons. The number of allylic oxidation sites excluding steroid dienone is 6. The van der Waals surface area contributed by atoms with Crippen LogP contribution in [0.15, 0.2) is 65.0 Å². The second-order valence-electron chi connectivity index (χ2n) is 8.37. The Morgan fingerprint density at radius 3 is 2.24 bits per heavy atom. The van der Waals surface area contributed by atoms with Crippen LogP contribution in [0.5, 0.6) is 0 Å². The Kier molecular flexibility index (Phi) is 5.27. The van der Waals surface area contributed by atoms with E-state index in [9.17, 15) is 9.59 Å². The second-order valence-corrected chi connectivity index (χ2v) is 8.37. The highest BCUT2D eigenvalue weighted by atomic mass is 16.1. The zero-order chi connectivity index (χ0) is 20.5. The summed E-state index contributed by atoms with van der Waals surface area (Å²) >= 11 is 0. The SMILES string of the molecule is CCC[C@H]1CC[C@H](c2ccc(C3=CC(N)=C4C(=O)C=CC(N)=C4C3=O)cc2)CC1. The summed E-state index contributed by atoms with van der Waals surface area (Å²) < 4.78 is 0. The third-order valence-corrected chi connectivity index (χ3v) is 6.50. The standard InChI is InChI=1S/C25H28N2O2/c1-2-3-15-4-6-16(7-5-15)17-8-10-18(11-9-17)19-14-21(27)23-22(28)13-12-20(26)24(23)25(19)29/h8-16H,2-7,26-27H2,1H3/t15-,16-. The molecule has 4 N–H and O–H groups in total. The molecule has 3 aliphatic rings. The van der Waals surface area contributed by atoms with Gasteiger partial charge in [0.05, 0.1) is 11.1 Å². The Morgan fingerprint density at radius 1 is 0.897 bits per heavy atom. The summed E-state index contributed by atoms with van der Waals surface area (Å²) in [6.45, 7) is 2.26. The van der Waals surface area contributed by atoms with Crippen molar-refractivity contribution in [1.82, 2.24) is 0 Å². The van der Waals surface area contributed by atoms with Gasteiger partial charge in [0.25, 0.3) is 0 Å². The molecule has 29 heavy (non-hydrogen) atoms. The maximum Gasteiger partial charge on any atom is 0.196 e. The first-order valence-electron chi connectivity index (χ1n) is 10.6. The van der Waals surface area contributed by atoms with Crippen LogP contribution in [0.25, 0.3) is 5.57 Å². The molecule has 0 spiro atoms. The smallest absolute Gasteiger partial charge is 0.196 e. The molecule has 1 fully saturated rings. The van der Waals surface area contributed by atoms with E-state index in [1.807, 2.05) is 12.1 Å². The van der Waals surface area contributed by atoms with E-state index in [2.05, 4.69) is 19.1 Å². The number of Topliss-reactive ketones (excluding diaryl/α,β-unsaturated/α-hetero) is 1. The van der Waals surface area contributed by atoms with Crippen LogP contribution >= 0.6 is 0 Å². The van der Waals surface area contributed by atoms with Crippen LogP contribution in [-0.4, -0.2) is 11.6 Å². The van der Waals surface area contributed by atoms with Gasteiger partial charge in [0.15, 0.2) is 11.6 Å². The number of hydrogen-bond acceptors (Lipinski definition) is 4. The van der Waals surface area contributed by atoms with Crippen LogP contribution in [0.3, 0.4) is 0 Å². The lowest BCUT2D eigenvalue weighted by atomic mass is 9.77. The molecule has 1 aromatic carbocycles. The Labute approximate surface area is 172 Å². The van der Waals surface area contributed by atoms with E-state index in [1.54, 1.807) is 6.08 Å². The van der Waals surface area contributed by atoms with Crippen LogP contribution in [0, 0.1) is 5.92 Å². The zero-order valence-corrected chi connectivity index (χ0v) is 16.9. The predicted octanol–water partition coefficient (Wildman–Crippen LogP) is 4.29. The van der Waals surface area contributed by atoms with Crippen molar-refractivity contribution < 1.29 is 9.59 Å². The summed E-state index contributed by atoms with van der Waals surface area (Å²) in [7, 11) is 0. The fourth-order valence-electron chi connectivity index (χ4n) is 4.90. The van der Waals surface area contributed by atoms with Crippen molar-refractivity contribution in [1.29, 1.82) is 0 Å². The maximum absolute atomic E-state index is 13.1. The highest BCUT2D eigenvalue weighted by Crippen LogP contribution is 2.38. The molecule has 4 heteroatoms. The van der Waals surface area contributed by atoms with Crippen molar-refractivity contribution in [2.24, 2.45) is 17.4 Å². The molecule has 1 aromatic rings. The van der Waals surface area contributed by atoms with Crippen molar-refractivity contribution >= 4 is 17.1 Å². The summed E-state index contributed by atoms with van der Waals surface area (Å²) in [5, 5.41) is 0. The number of hydrogen-bond donors (Lipinski definition) is 2. The van der Waals surface area contributed by atoms with Crippen LogP contribution < -0.4 is 11.5 Å². The quantitative estimate of drug-likeness (QED) is 0.805. The van der Waals surface area contributed by atoms with Crippen LogP contribution in [0.1, 0.15) is 62.5 Å². The molecule has 0 aromatic heterocycles. The van der Waals surface area contributed by atoms with Gasteiger partial charge in [0.2, 0.25) is 0 Å². The molecule has 4 nitrogen and oxygen atoms in total. The number of fused-ring (bicyclic) bond motifs is 1. The summed E-state index contributed by atoms with van der Waals surface area (Å²) in [5.74, 6) is 0.973. The third kappa shape index (κ3) is 3.59. The molecule has 0 aliphatic heterocycles. The molecule has 1 saturated carbocycles. The van der Waals surface area contributed by atoms with E-state index < -0.39 is 0 Å². The molecule has 0 heterocycles. The van der Waals surface area contributed by atoms with Crippen molar-refractivity contribution in [2.75, 3.05) is 0 Å². The first-order valence-corrected chi connectivity index (χ1v) is 10.6. The average Bonchev–Trinajstić information content (AvgIpc) is 2.73. The first-order chi connectivity index (χ1) is 14.0. The molecular weight excluding hydrogens is 360 g/mol. The number of nitrogens with two attached hydrogens (primary N) is 2.